The number of aliphatic hydroxyl groups is 2. The van der Waals surface area contributed by atoms with E-state index in [1.807, 2.05) is 34.1 Å². The summed E-state index contributed by atoms with van der Waals surface area (Å²) in [5.74, 6) is -0.754. The van der Waals surface area contributed by atoms with Gasteiger partial charge in [0.1, 0.15) is 19.3 Å². The Morgan fingerprint density at radius 2 is 1.84 bits per heavy atom. The molecule has 1 aliphatic rings. The first-order chi connectivity index (χ1) is 17.0. The molecule has 37 heavy (non-hydrogen) atoms. The number of aliphatic hydroxyl groups excluding tert-OH is 2. The third-order valence-electron chi connectivity index (χ3n) is 6.22. The van der Waals surface area contributed by atoms with Gasteiger partial charge in [-0.1, -0.05) is 55.4 Å². The fourth-order valence-electron chi connectivity index (χ4n) is 4.00. The third-order valence-corrected chi connectivity index (χ3v) is 7.23. The fraction of sp³-hybridized carbons (Fsp3) is 0.607. The van der Waals surface area contributed by atoms with E-state index in [2.05, 4.69) is 32.9 Å². The number of likely N-dealkylation sites (N-methyl/N-ethyl adjacent to an activating group) is 1. The van der Waals surface area contributed by atoms with Gasteiger partial charge in [-0.25, -0.2) is 4.57 Å². The zero-order valence-electron chi connectivity index (χ0n) is 23.7. The highest BCUT2D eigenvalue weighted by atomic mass is 31.2. The predicted molar refractivity (Wildman–Crippen MR) is 148 cm³/mol. The van der Waals surface area contributed by atoms with Crippen LogP contribution >= 0.6 is 7.82 Å². The Bertz CT molecular complexity index is 983. The molecule has 0 spiro atoms. The van der Waals surface area contributed by atoms with Crippen LogP contribution in [0.2, 0.25) is 0 Å². The minimum atomic E-state index is -4.64. The summed E-state index contributed by atoms with van der Waals surface area (Å²) < 4.78 is 22.7. The molecule has 3 atom stereocenters. The third kappa shape index (κ3) is 12.6. The average molecular weight is 541 g/mol. The molecular weight excluding hydrogens is 493 g/mol. The molecule has 0 bridgehead atoms. The van der Waals surface area contributed by atoms with Crippen LogP contribution in [0.15, 0.2) is 58.7 Å². The lowest BCUT2D eigenvalue weighted by molar-refractivity contribution is -0.870. The molecular formula is C28H47NO7P+. The molecule has 0 heterocycles. The van der Waals surface area contributed by atoms with Crippen molar-refractivity contribution in [2.75, 3.05) is 40.9 Å². The standard InChI is InChI=1S/C28H46NO7P/c1-21(14-15-24-23(3)13-10-16-28(24,4)5)11-9-12-22(2)19-25(31)27(26(32)20-30)36-37(33,34)35-18-17-29(6,7)8/h9,11-12,14-15,19,26-27,30,32H,10,13,16-18,20H2,1-8H3/p+1/t26-,27?/m0/s1. The molecule has 1 rings (SSSR count). The molecule has 1 aliphatic carbocycles. The Kier molecular flexibility index (Phi) is 13.1. The molecule has 0 aliphatic heterocycles. The van der Waals surface area contributed by atoms with Gasteiger partial charge in [0.2, 0.25) is 0 Å². The number of phosphoric acid groups is 1. The smallest absolute Gasteiger partial charge is 0.394 e. The molecule has 0 radical (unpaired) electrons. The van der Waals surface area contributed by atoms with Gasteiger partial charge in [-0.2, -0.15) is 0 Å². The second-order valence-corrected chi connectivity index (χ2v) is 12.8. The van der Waals surface area contributed by atoms with E-state index in [-0.39, 0.29) is 12.0 Å². The normalized spacial score (nSPS) is 20.9. The van der Waals surface area contributed by atoms with Crippen molar-refractivity contribution in [2.24, 2.45) is 5.41 Å². The second kappa shape index (κ2) is 14.5. The summed E-state index contributed by atoms with van der Waals surface area (Å²) in [6.07, 6.45) is 11.0. The number of nitrogens with zero attached hydrogens (tertiary/aromatic N) is 1. The summed E-state index contributed by atoms with van der Waals surface area (Å²) in [5, 5.41) is 19.3. The minimum Gasteiger partial charge on any atom is -0.394 e. The molecule has 210 valence electrons. The van der Waals surface area contributed by atoms with Crippen LogP contribution in [-0.4, -0.2) is 78.5 Å². The summed E-state index contributed by atoms with van der Waals surface area (Å²) in [4.78, 5) is 22.7. The lowest BCUT2D eigenvalue weighted by Gasteiger charge is -2.32. The van der Waals surface area contributed by atoms with E-state index in [1.54, 1.807) is 19.1 Å². The Morgan fingerprint density at radius 1 is 1.19 bits per heavy atom. The van der Waals surface area contributed by atoms with Crippen LogP contribution in [0, 0.1) is 5.41 Å². The maximum Gasteiger partial charge on any atom is 0.473 e. The zero-order chi connectivity index (χ0) is 28.4. The minimum absolute atomic E-state index is 0.0838. The van der Waals surface area contributed by atoms with Crippen molar-refractivity contribution in [3.8, 4) is 0 Å². The summed E-state index contributed by atoms with van der Waals surface area (Å²) in [7, 11) is 1.02. The lowest BCUT2D eigenvalue weighted by atomic mass is 9.72. The molecule has 8 nitrogen and oxygen atoms in total. The molecule has 0 aromatic carbocycles. The highest BCUT2D eigenvalue weighted by Gasteiger charge is 2.35. The highest BCUT2D eigenvalue weighted by Crippen LogP contribution is 2.45. The van der Waals surface area contributed by atoms with Gasteiger partial charge in [0, 0.05) is 0 Å². The van der Waals surface area contributed by atoms with Crippen LogP contribution in [0.1, 0.15) is 53.9 Å². The van der Waals surface area contributed by atoms with E-state index in [0.29, 0.717) is 16.6 Å². The van der Waals surface area contributed by atoms with Crippen LogP contribution in [-0.2, 0) is 18.4 Å². The largest absolute Gasteiger partial charge is 0.473 e. The Morgan fingerprint density at radius 3 is 2.41 bits per heavy atom. The predicted octanol–water partition coefficient (Wildman–Crippen LogP) is 4.65. The lowest BCUT2D eigenvalue weighted by Crippen LogP contribution is -2.39. The number of rotatable bonds is 14. The number of carbonyl (C=O) groups is 1. The van der Waals surface area contributed by atoms with Gasteiger partial charge in [0.15, 0.2) is 11.9 Å². The Labute approximate surface area is 222 Å². The van der Waals surface area contributed by atoms with Crippen molar-refractivity contribution in [1.29, 1.82) is 0 Å². The maximum atomic E-state index is 12.7. The van der Waals surface area contributed by atoms with Gasteiger partial charge in [0.05, 0.1) is 27.7 Å². The van der Waals surface area contributed by atoms with Crippen LogP contribution in [0.4, 0.5) is 0 Å². The number of hydrogen-bond donors (Lipinski definition) is 3. The molecule has 0 saturated carbocycles. The van der Waals surface area contributed by atoms with Crippen molar-refractivity contribution in [2.45, 2.75) is 66.1 Å². The zero-order valence-corrected chi connectivity index (χ0v) is 24.6. The molecule has 2 unspecified atom stereocenters. The van der Waals surface area contributed by atoms with Crippen LogP contribution < -0.4 is 0 Å². The van der Waals surface area contributed by atoms with E-state index in [1.165, 1.54) is 30.1 Å². The molecule has 0 fully saturated rings. The van der Waals surface area contributed by atoms with Gasteiger partial charge in [-0.15, -0.1) is 0 Å². The second-order valence-electron chi connectivity index (χ2n) is 11.4. The van der Waals surface area contributed by atoms with E-state index in [9.17, 15) is 24.5 Å². The number of quaternary nitrogens is 1. The number of phosphoric ester groups is 1. The van der Waals surface area contributed by atoms with E-state index in [0.717, 1.165) is 12.0 Å². The number of ketones is 1. The summed E-state index contributed by atoms with van der Waals surface area (Å²) in [6.45, 7) is 9.95. The summed E-state index contributed by atoms with van der Waals surface area (Å²) in [5.41, 5.74) is 4.57. The van der Waals surface area contributed by atoms with Crippen LogP contribution in [0.5, 0.6) is 0 Å². The number of allylic oxidation sites excluding steroid dienone is 9. The molecule has 0 amide bonds. The average Bonchev–Trinajstić information content (AvgIpc) is 2.75. The quantitative estimate of drug-likeness (QED) is 0.127. The van der Waals surface area contributed by atoms with Crippen LogP contribution in [0.3, 0.4) is 0 Å². The van der Waals surface area contributed by atoms with Gasteiger partial charge in [-0.3, -0.25) is 13.8 Å². The van der Waals surface area contributed by atoms with Gasteiger partial charge < -0.3 is 19.6 Å². The topological polar surface area (TPSA) is 113 Å². The van der Waals surface area contributed by atoms with Crippen molar-refractivity contribution in [1.82, 2.24) is 0 Å². The van der Waals surface area contributed by atoms with Gasteiger partial charge in [-0.05, 0) is 62.7 Å². The summed E-state index contributed by atoms with van der Waals surface area (Å²) in [6, 6.07) is 0. The van der Waals surface area contributed by atoms with E-state index >= 15 is 0 Å². The highest BCUT2D eigenvalue weighted by molar-refractivity contribution is 7.47. The van der Waals surface area contributed by atoms with Crippen molar-refractivity contribution in [3.05, 3.63) is 58.7 Å². The van der Waals surface area contributed by atoms with Crippen molar-refractivity contribution < 1.29 is 38.0 Å². The first kappa shape index (κ1) is 33.4. The van der Waals surface area contributed by atoms with Crippen molar-refractivity contribution in [3.63, 3.8) is 0 Å². The molecule has 0 aromatic heterocycles. The molecule has 9 heteroatoms. The summed E-state index contributed by atoms with van der Waals surface area (Å²) >= 11 is 0. The Balaban J connectivity index is 2.88. The Hall–Kier alpha value is -1.64. The fourth-order valence-corrected chi connectivity index (χ4v) is 4.90. The van der Waals surface area contributed by atoms with E-state index < -0.39 is 32.4 Å². The molecule has 0 aromatic rings. The molecule has 3 N–H and O–H groups in total. The number of hydrogen-bond acceptors (Lipinski definition) is 6. The first-order valence-corrected chi connectivity index (χ1v) is 14.2. The maximum absolute atomic E-state index is 12.7. The SMILES string of the molecule is CC(C=CC1=C(C)CCCC1(C)C)=CC=CC(C)=CC(=O)C(OP(=O)(O)OCC[N+](C)(C)C)[C@@H](O)CO. The number of carbonyl (C=O) groups excluding carboxylic acids is 1. The monoisotopic (exact) mass is 540 g/mol. The van der Waals surface area contributed by atoms with Gasteiger partial charge in [0.25, 0.3) is 0 Å². The van der Waals surface area contributed by atoms with Crippen LogP contribution in [0.25, 0.3) is 0 Å². The van der Waals surface area contributed by atoms with Crippen molar-refractivity contribution >= 4 is 13.6 Å². The van der Waals surface area contributed by atoms with Gasteiger partial charge >= 0.3 is 7.82 Å². The first-order valence-electron chi connectivity index (χ1n) is 12.7. The molecule has 0 saturated heterocycles. The van der Waals surface area contributed by atoms with E-state index in [4.69, 9.17) is 9.05 Å².